The van der Waals surface area contributed by atoms with Crippen LogP contribution in [0.3, 0.4) is 0 Å². The molecule has 0 amide bonds. The SMILES string of the molecule is CC(C)N1CCC(Nc2ccc(F)cc2Cl)C1. The second-order valence-electron chi connectivity index (χ2n) is 4.84. The Balaban J connectivity index is 1.98. The molecule has 2 rings (SSSR count). The van der Waals surface area contributed by atoms with Gasteiger partial charge < -0.3 is 5.32 Å². The highest BCUT2D eigenvalue weighted by Crippen LogP contribution is 2.25. The molecule has 0 spiro atoms. The zero-order chi connectivity index (χ0) is 12.4. The highest BCUT2D eigenvalue weighted by Gasteiger charge is 2.24. The van der Waals surface area contributed by atoms with Crippen LogP contribution in [0.15, 0.2) is 18.2 Å². The topological polar surface area (TPSA) is 15.3 Å². The van der Waals surface area contributed by atoms with E-state index in [9.17, 15) is 4.39 Å². The molecule has 1 N–H and O–H groups in total. The van der Waals surface area contributed by atoms with Crippen molar-refractivity contribution in [3.63, 3.8) is 0 Å². The molecule has 0 bridgehead atoms. The highest BCUT2D eigenvalue weighted by atomic mass is 35.5. The second kappa shape index (κ2) is 5.23. The van der Waals surface area contributed by atoms with E-state index in [2.05, 4.69) is 24.1 Å². The Morgan fingerprint density at radius 2 is 2.24 bits per heavy atom. The summed E-state index contributed by atoms with van der Waals surface area (Å²) in [6.45, 7) is 6.53. The van der Waals surface area contributed by atoms with Crippen LogP contribution >= 0.6 is 11.6 Å². The first-order chi connectivity index (χ1) is 8.06. The van der Waals surface area contributed by atoms with Gasteiger partial charge in [0.15, 0.2) is 0 Å². The fourth-order valence-corrected chi connectivity index (χ4v) is 2.42. The summed E-state index contributed by atoms with van der Waals surface area (Å²) >= 11 is 5.99. The third-order valence-electron chi connectivity index (χ3n) is 3.24. The summed E-state index contributed by atoms with van der Waals surface area (Å²) in [7, 11) is 0. The molecule has 1 aliphatic heterocycles. The van der Waals surface area contributed by atoms with E-state index in [1.807, 2.05) is 0 Å². The lowest BCUT2D eigenvalue weighted by Crippen LogP contribution is -2.31. The van der Waals surface area contributed by atoms with E-state index in [0.29, 0.717) is 17.1 Å². The molecule has 1 saturated heterocycles. The fraction of sp³-hybridized carbons (Fsp3) is 0.538. The first-order valence-electron chi connectivity index (χ1n) is 6.02. The lowest BCUT2D eigenvalue weighted by Gasteiger charge is -2.21. The minimum atomic E-state index is -0.296. The molecule has 0 aliphatic carbocycles. The molecule has 1 aromatic carbocycles. The van der Waals surface area contributed by atoms with Crippen molar-refractivity contribution < 1.29 is 4.39 Å². The average molecular weight is 257 g/mol. The standard InChI is InChI=1S/C13H18ClFN2/c1-9(2)17-6-5-11(8-17)16-13-4-3-10(15)7-12(13)14/h3-4,7,9,11,16H,5-6,8H2,1-2H3. The molecule has 94 valence electrons. The molecule has 1 aromatic rings. The minimum absolute atomic E-state index is 0.296. The van der Waals surface area contributed by atoms with E-state index in [1.165, 1.54) is 12.1 Å². The zero-order valence-electron chi connectivity index (χ0n) is 10.2. The number of likely N-dealkylation sites (tertiary alicyclic amines) is 1. The Morgan fingerprint density at radius 1 is 1.47 bits per heavy atom. The van der Waals surface area contributed by atoms with Gasteiger partial charge in [0.2, 0.25) is 0 Å². The van der Waals surface area contributed by atoms with Gasteiger partial charge in [0.25, 0.3) is 0 Å². The number of anilines is 1. The fourth-order valence-electron chi connectivity index (χ4n) is 2.20. The van der Waals surface area contributed by atoms with Gasteiger partial charge in [-0.25, -0.2) is 4.39 Å². The maximum atomic E-state index is 12.9. The van der Waals surface area contributed by atoms with Crippen molar-refractivity contribution in [2.45, 2.75) is 32.4 Å². The molecule has 1 heterocycles. The second-order valence-corrected chi connectivity index (χ2v) is 5.25. The Hall–Kier alpha value is -0.800. The van der Waals surface area contributed by atoms with Crippen LogP contribution in [0.4, 0.5) is 10.1 Å². The molecule has 0 aromatic heterocycles. The van der Waals surface area contributed by atoms with Gasteiger partial charge in [-0.05, 0) is 38.5 Å². The lowest BCUT2D eigenvalue weighted by atomic mass is 10.2. The van der Waals surface area contributed by atoms with Crippen LogP contribution in [0, 0.1) is 5.82 Å². The molecule has 1 atom stereocenters. The van der Waals surface area contributed by atoms with Gasteiger partial charge in [-0.1, -0.05) is 11.6 Å². The Morgan fingerprint density at radius 3 is 2.82 bits per heavy atom. The molecule has 0 radical (unpaired) electrons. The van der Waals surface area contributed by atoms with Crippen molar-refractivity contribution in [2.75, 3.05) is 18.4 Å². The normalized spacial score (nSPS) is 21.1. The molecule has 17 heavy (non-hydrogen) atoms. The summed E-state index contributed by atoms with van der Waals surface area (Å²) in [4.78, 5) is 2.43. The van der Waals surface area contributed by atoms with Gasteiger partial charge in [0.1, 0.15) is 5.82 Å². The number of halogens is 2. The first kappa shape index (κ1) is 12.7. The Labute approximate surface area is 107 Å². The summed E-state index contributed by atoms with van der Waals surface area (Å²) in [5.74, 6) is -0.296. The molecule has 1 aliphatic rings. The van der Waals surface area contributed by atoms with Gasteiger partial charge in [-0.3, -0.25) is 4.90 Å². The number of benzene rings is 1. The molecule has 1 unspecified atom stereocenters. The maximum Gasteiger partial charge on any atom is 0.124 e. The Kier molecular flexibility index (Phi) is 3.89. The van der Waals surface area contributed by atoms with Gasteiger partial charge in [-0.2, -0.15) is 0 Å². The van der Waals surface area contributed by atoms with Crippen LogP contribution in [0.5, 0.6) is 0 Å². The van der Waals surface area contributed by atoms with Gasteiger partial charge >= 0.3 is 0 Å². The predicted octanol–water partition coefficient (Wildman–Crippen LogP) is 3.37. The van der Waals surface area contributed by atoms with E-state index in [-0.39, 0.29) is 5.82 Å². The summed E-state index contributed by atoms with van der Waals surface area (Å²) < 4.78 is 12.9. The number of hydrogen-bond acceptors (Lipinski definition) is 2. The average Bonchev–Trinajstić information content (AvgIpc) is 2.71. The molecular weight excluding hydrogens is 239 g/mol. The van der Waals surface area contributed by atoms with E-state index >= 15 is 0 Å². The van der Waals surface area contributed by atoms with Crippen molar-refractivity contribution in [1.29, 1.82) is 0 Å². The third-order valence-corrected chi connectivity index (χ3v) is 3.55. The number of nitrogens with one attached hydrogen (secondary N) is 1. The van der Waals surface area contributed by atoms with Crippen LogP contribution in [0.2, 0.25) is 5.02 Å². The summed E-state index contributed by atoms with van der Waals surface area (Å²) in [5.41, 5.74) is 0.823. The number of nitrogens with zero attached hydrogens (tertiary/aromatic N) is 1. The van der Waals surface area contributed by atoms with Crippen molar-refractivity contribution in [3.8, 4) is 0 Å². The largest absolute Gasteiger partial charge is 0.380 e. The molecule has 4 heteroatoms. The summed E-state index contributed by atoms with van der Waals surface area (Å²) in [6.07, 6.45) is 1.10. The van der Waals surface area contributed by atoms with Gasteiger partial charge in [-0.15, -0.1) is 0 Å². The van der Waals surface area contributed by atoms with Crippen LogP contribution < -0.4 is 5.32 Å². The highest BCUT2D eigenvalue weighted by molar-refractivity contribution is 6.33. The summed E-state index contributed by atoms with van der Waals surface area (Å²) in [5, 5.41) is 3.83. The van der Waals surface area contributed by atoms with E-state index in [1.54, 1.807) is 6.07 Å². The quantitative estimate of drug-likeness (QED) is 0.892. The monoisotopic (exact) mass is 256 g/mol. The molecule has 0 saturated carbocycles. The van der Waals surface area contributed by atoms with E-state index in [0.717, 1.165) is 25.2 Å². The van der Waals surface area contributed by atoms with Crippen molar-refractivity contribution >= 4 is 17.3 Å². The lowest BCUT2D eigenvalue weighted by molar-refractivity contribution is 0.274. The summed E-state index contributed by atoms with van der Waals surface area (Å²) in [6, 6.07) is 5.46. The smallest absolute Gasteiger partial charge is 0.124 e. The molecule has 1 fully saturated rings. The zero-order valence-corrected chi connectivity index (χ0v) is 11.0. The minimum Gasteiger partial charge on any atom is -0.380 e. The van der Waals surface area contributed by atoms with Gasteiger partial charge in [0, 0.05) is 25.2 Å². The van der Waals surface area contributed by atoms with Crippen LogP contribution in [0.25, 0.3) is 0 Å². The Bertz CT molecular complexity index is 395. The number of hydrogen-bond donors (Lipinski definition) is 1. The van der Waals surface area contributed by atoms with Crippen molar-refractivity contribution in [1.82, 2.24) is 4.90 Å². The van der Waals surface area contributed by atoms with Crippen molar-refractivity contribution in [3.05, 3.63) is 29.0 Å². The molecular formula is C13H18ClFN2. The van der Waals surface area contributed by atoms with Crippen LogP contribution in [0.1, 0.15) is 20.3 Å². The molecule has 2 nitrogen and oxygen atoms in total. The van der Waals surface area contributed by atoms with Gasteiger partial charge in [0.05, 0.1) is 10.7 Å². The predicted molar refractivity (Wildman–Crippen MR) is 70.1 cm³/mol. The van der Waals surface area contributed by atoms with E-state index < -0.39 is 0 Å². The van der Waals surface area contributed by atoms with Crippen molar-refractivity contribution in [2.24, 2.45) is 0 Å². The van der Waals surface area contributed by atoms with Crippen LogP contribution in [-0.2, 0) is 0 Å². The third kappa shape index (κ3) is 3.11. The first-order valence-corrected chi connectivity index (χ1v) is 6.39. The van der Waals surface area contributed by atoms with Crippen LogP contribution in [-0.4, -0.2) is 30.1 Å². The number of rotatable bonds is 3. The maximum absolute atomic E-state index is 12.9. The van der Waals surface area contributed by atoms with E-state index in [4.69, 9.17) is 11.6 Å².